The Balaban J connectivity index is 2.17. The number of hydrogen-bond acceptors (Lipinski definition) is 7. The summed E-state index contributed by atoms with van der Waals surface area (Å²) in [7, 11) is 1.29. The number of rotatable bonds is 4. The Morgan fingerprint density at radius 2 is 1.75 bits per heavy atom. The Labute approximate surface area is 135 Å². The zero-order chi connectivity index (χ0) is 17.9. The SMILES string of the molecule is COc1cc([N+](=O)[O-])ccc1NC(=O)Nc1cc(O)c(O)c(O)c1. The largest absolute Gasteiger partial charge is 0.504 e. The molecular formula is C14H13N3O7. The van der Waals surface area contributed by atoms with E-state index < -0.39 is 28.2 Å². The van der Waals surface area contributed by atoms with Gasteiger partial charge in [0.05, 0.1) is 29.5 Å². The molecule has 0 aliphatic carbocycles. The first-order valence-corrected chi connectivity index (χ1v) is 6.47. The molecule has 0 aliphatic rings. The number of amides is 2. The lowest BCUT2D eigenvalue weighted by molar-refractivity contribution is -0.384. The minimum absolute atomic E-state index is 0.0150. The number of nitro groups is 1. The van der Waals surface area contributed by atoms with E-state index in [1.54, 1.807) is 0 Å². The smallest absolute Gasteiger partial charge is 0.323 e. The van der Waals surface area contributed by atoms with Crippen molar-refractivity contribution in [3.8, 4) is 23.0 Å². The molecule has 0 saturated carbocycles. The summed E-state index contributed by atoms with van der Waals surface area (Å²) in [6.45, 7) is 0. The van der Waals surface area contributed by atoms with Crippen LogP contribution in [0.5, 0.6) is 23.0 Å². The van der Waals surface area contributed by atoms with Gasteiger partial charge in [-0.1, -0.05) is 0 Å². The lowest BCUT2D eigenvalue weighted by atomic mass is 10.2. The van der Waals surface area contributed by atoms with E-state index in [9.17, 15) is 30.2 Å². The average Bonchev–Trinajstić information content (AvgIpc) is 2.52. The monoisotopic (exact) mass is 335 g/mol. The zero-order valence-corrected chi connectivity index (χ0v) is 12.3. The number of nitrogens with zero attached hydrogens (tertiary/aromatic N) is 1. The zero-order valence-electron chi connectivity index (χ0n) is 12.3. The van der Waals surface area contributed by atoms with Gasteiger partial charge in [-0.2, -0.15) is 0 Å². The van der Waals surface area contributed by atoms with Crippen molar-refractivity contribution in [1.29, 1.82) is 0 Å². The number of anilines is 2. The molecule has 126 valence electrons. The van der Waals surface area contributed by atoms with E-state index in [2.05, 4.69) is 10.6 Å². The number of aromatic hydroxyl groups is 3. The molecule has 0 spiro atoms. The van der Waals surface area contributed by atoms with E-state index in [1.165, 1.54) is 19.2 Å². The summed E-state index contributed by atoms with van der Waals surface area (Å²) in [6, 6.07) is 4.93. The van der Waals surface area contributed by atoms with Crippen LogP contribution in [-0.4, -0.2) is 33.4 Å². The topological polar surface area (TPSA) is 154 Å². The lowest BCUT2D eigenvalue weighted by Crippen LogP contribution is -2.19. The number of carbonyl (C=O) groups excluding carboxylic acids is 1. The number of urea groups is 1. The normalized spacial score (nSPS) is 10.0. The molecule has 0 atom stereocenters. The molecule has 24 heavy (non-hydrogen) atoms. The number of nitrogens with one attached hydrogen (secondary N) is 2. The van der Waals surface area contributed by atoms with Crippen LogP contribution in [0.25, 0.3) is 0 Å². The van der Waals surface area contributed by atoms with Crippen molar-refractivity contribution in [1.82, 2.24) is 0 Å². The maximum atomic E-state index is 11.9. The maximum Gasteiger partial charge on any atom is 0.323 e. The van der Waals surface area contributed by atoms with Gasteiger partial charge in [-0.25, -0.2) is 4.79 Å². The number of hydrogen-bond donors (Lipinski definition) is 5. The molecule has 2 aromatic carbocycles. The molecule has 0 saturated heterocycles. The van der Waals surface area contributed by atoms with E-state index in [4.69, 9.17) is 4.74 Å². The summed E-state index contributed by atoms with van der Waals surface area (Å²) < 4.78 is 4.98. The number of phenols is 3. The molecule has 0 heterocycles. The third-order valence-electron chi connectivity index (χ3n) is 2.97. The number of carbonyl (C=O) groups is 1. The van der Waals surface area contributed by atoms with Crippen molar-refractivity contribution in [2.75, 3.05) is 17.7 Å². The van der Waals surface area contributed by atoms with Crippen molar-refractivity contribution in [3.05, 3.63) is 40.4 Å². The van der Waals surface area contributed by atoms with E-state index >= 15 is 0 Å². The highest BCUT2D eigenvalue weighted by Gasteiger charge is 2.14. The van der Waals surface area contributed by atoms with Crippen molar-refractivity contribution < 1.29 is 29.8 Å². The first-order chi connectivity index (χ1) is 11.3. The Morgan fingerprint density at radius 3 is 2.29 bits per heavy atom. The van der Waals surface area contributed by atoms with Gasteiger partial charge in [0.15, 0.2) is 17.2 Å². The fourth-order valence-corrected chi connectivity index (χ4v) is 1.86. The minimum atomic E-state index is -0.758. The van der Waals surface area contributed by atoms with Crippen molar-refractivity contribution in [2.45, 2.75) is 0 Å². The molecule has 5 N–H and O–H groups in total. The van der Waals surface area contributed by atoms with Gasteiger partial charge in [-0.15, -0.1) is 0 Å². The standard InChI is InChI=1S/C14H13N3O7/c1-24-12-6-8(17(22)23)2-3-9(12)16-14(21)15-7-4-10(18)13(20)11(19)5-7/h2-6,18-20H,1H3,(H2,15,16,21). The fourth-order valence-electron chi connectivity index (χ4n) is 1.86. The van der Waals surface area contributed by atoms with Crippen LogP contribution in [0.15, 0.2) is 30.3 Å². The molecule has 0 fully saturated rings. The quantitative estimate of drug-likeness (QED) is 0.249. The highest BCUT2D eigenvalue weighted by Crippen LogP contribution is 2.37. The second kappa shape index (κ2) is 6.60. The second-order valence-corrected chi connectivity index (χ2v) is 4.58. The summed E-state index contributed by atoms with van der Waals surface area (Å²) in [5, 5.41) is 43.4. The number of ether oxygens (including phenoxy) is 1. The van der Waals surface area contributed by atoms with Crippen molar-refractivity contribution in [3.63, 3.8) is 0 Å². The number of nitro benzene ring substituents is 1. The van der Waals surface area contributed by atoms with Crippen LogP contribution in [0.1, 0.15) is 0 Å². The Hall–Kier alpha value is -3.69. The molecule has 0 aromatic heterocycles. The highest BCUT2D eigenvalue weighted by atomic mass is 16.6. The molecule has 2 amide bonds. The van der Waals surface area contributed by atoms with Crippen LogP contribution in [-0.2, 0) is 0 Å². The average molecular weight is 335 g/mol. The molecular weight excluding hydrogens is 322 g/mol. The van der Waals surface area contributed by atoms with Crippen LogP contribution in [0.2, 0.25) is 0 Å². The fraction of sp³-hybridized carbons (Fsp3) is 0.0714. The summed E-state index contributed by atoms with van der Waals surface area (Å²) in [5.74, 6) is -1.86. The summed E-state index contributed by atoms with van der Waals surface area (Å²) in [5.41, 5.74) is -0.0137. The van der Waals surface area contributed by atoms with Gasteiger partial charge in [0.2, 0.25) is 0 Å². The third kappa shape index (κ3) is 3.55. The second-order valence-electron chi connectivity index (χ2n) is 4.58. The molecule has 0 unspecified atom stereocenters. The van der Waals surface area contributed by atoms with Gasteiger partial charge < -0.3 is 30.7 Å². The number of phenolic OH excluding ortho intramolecular Hbond substituents is 3. The van der Waals surface area contributed by atoms with E-state index in [1.807, 2.05) is 0 Å². The van der Waals surface area contributed by atoms with E-state index in [-0.39, 0.29) is 22.8 Å². The maximum absolute atomic E-state index is 11.9. The Morgan fingerprint density at radius 1 is 1.12 bits per heavy atom. The highest BCUT2D eigenvalue weighted by molar-refractivity contribution is 6.01. The van der Waals surface area contributed by atoms with Crippen molar-refractivity contribution in [2.24, 2.45) is 0 Å². The Kier molecular flexibility index (Phi) is 4.59. The molecule has 0 bridgehead atoms. The lowest BCUT2D eigenvalue weighted by Gasteiger charge is -2.12. The molecule has 10 nitrogen and oxygen atoms in total. The van der Waals surface area contributed by atoms with E-state index in [0.29, 0.717) is 0 Å². The summed E-state index contributed by atoms with van der Waals surface area (Å²) >= 11 is 0. The van der Waals surface area contributed by atoms with Gasteiger partial charge >= 0.3 is 6.03 Å². The number of non-ortho nitro benzene ring substituents is 1. The third-order valence-corrected chi connectivity index (χ3v) is 2.97. The molecule has 0 aliphatic heterocycles. The molecule has 10 heteroatoms. The summed E-state index contributed by atoms with van der Waals surface area (Å²) in [4.78, 5) is 22.1. The van der Waals surface area contributed by atoms with Gasteiger partial charge in [0.25, 0.3) is 5.69 Å². The van der Waals surface area contributed by atoms with Gasteiger partial charge in [-0.05, 0) is 6.07 Å². The predicted molar refractivity (Wildman–Crippen MR) is 83.7 cm³/mol. The summed E-state index contributed by atoms with van der Waals surface area (Å²) in [6.07, 6.45) is 0. The van der Waals surface area contributed by atoms with Crippen LogP contribution >= 0.6 is 0 Å². The van der Waals surface area contributed by atoms with E-state index in [0.717, 1.165) is 18.2 Å². The number of methoxy groups -OCH3 is 1. The Bertz CT molecular complexity index is 784. The number of benzene rings is 2. The predicted octanol–water partition coefficient (Wildman–Crippen LogP) is 2.36. The van der Waals surface area contributed by atoms with Gasteiger partial charge in [0, 0.05) is 18.2 Å². The molecule has 2 aromatic rings. The molecule has 2 rings (SSSR count). The van der Waals surface area contributed by atoms with Crippen LogP contribution in [0.3, 0.4) is 0 Å². The van der Waals surface area contributed by atoms with Crippen molar-refractivity contribution >= 4 is 23.1 Å². The van der Waals surface area contributed by atoms with Gasteiger partial charge in [-0.3, -0.25) is 10.1 Å². The van der Waals surface area contributed by atoms with Crippen LogP contribution in [0, 0.1) is 10.1 Å². The first kappa shape index (κ1) is 16.7. The first-order valence-electron chi connectivity index (χ1n) is 6.47. The van der Waals surface area contributed by atoms with Gasteiger partial charge in [0.1, 0.15) is 5.75 Å². The van der Waals surface area contributed by atoms with Crippen LogP contribution in [0.4, 0.5) is 21.9 Å². The molecule has 0 radical (unpaired) electrons. The minimum Gasteiger partial charge on any atom is -0.504 e. The van der Waals surface area contributed by atoms with Crippen LogP contribution < -0.4 is 15.4 Å².